The Kier molecular flexibility index (Phi) is 2.51. The number of hydrogen-bond donors (Lipinski definition) is 2. The smallest absolute Gasteiger partial charge is 0.223 e. The Hall–Kier alpha value is -0.570. The molecule has 2 unspecified atom stereocenters. The van der Waals surface area contributed by atoms with Gasteiger partial charge in [-0.2, -0.15) is 0 Å². The van der Waals surface area contributed by atoms with Crippen LogP contribution in [-0.2, 0) is 4.79 Å². The molecule has 0 bridgehead atoms. The standard InChI is InChI=1S/C14H24N2O/c1-13(2)7-10(13)9-16-12(17)11-8-14(11)3-5-15-6-4-14/h10-11,15H,3-9H2,1-2H3,(H,16,17). The molecule has 1 aliphatic heterocycles. The molecule has 3 heteroatoms. The average Bonchev–Trinajstić information content (AvgIpc) is 3.14. The first-order valence-electron chi connectivity index (χ1n) is 7.02. The van der Waals surface area contributed by atoms with Crippen molar-refractivity contribution in [3.05, 3.63) is 0 Å². The Morgan fingerprint density at radius 1 is 1.29 bits per heavy atom. The molecule has 0 aromatic rings. The summed E-state index contributed by atoms with van der Waals surface area (Å²) in [7, 11) is 0. The lowest BCUT2D eigenvalue weighted by Crippen LogP contribution is -2.34. The van der Waals surface area contributed by atoms with E-state index in [1.165, 1.54) is 19.3 Å². The van der Waals surface area contributed by atoms with Gasteiger partial charge < -0.3 is 10.6 Å². The lowest BCUT2D eigenvalue weighted by atomic mass is 9.92. The summed E-state index contributed by atoms with van der Waals surface area (Å²) in [6.45, 7) is 7.67. The predicted molar refractivity (Wildman–Crippen MR) is 67.5 cm³/mol. The highest BCUT2D eigenvalue weighted by atomic mass is 16.2. The average molecular weight is 236 g/mol. The zero-order valence-corrected chi connectivity index (χ0v) is 11.0. The molecule has 3 aliphatic rings. The molecule has 2 atom stereocenters. The van der Waals surface area contributed by atoms with Gasteiger partial charge in [-0.25, -0.2) is 0 Å². The maximum absolute atomic E-state index is 12.1. The van der Waals surface area contributed by atoms with E-state index in [2.05, 4.69) is 24.5 Å². The van der Waals surface area contributed by atoms with Gasteiger partial charge in [-0.1, -0.05) is 13.8 Å². The minimum atomic E-state index is 0.325. The number of amides is 1. The van der Waals surface area contributed by atoms with Crippen LogP contribution in [0.1, 0.15) is 39.5 Å². The first-order chi connectivity index (χ1) is 8.04. The molecule has 17 heavy (non-hydrogen) atoms. The van der Waals surface area contributed by atoms with Crippen LogP contribution in [0.3, 0.4) is 0 Å². The van der Waals surface area contributed by atoms with Crippen LogP contribution in [0, 0.1) is 22.7 Å². The molecular weight excluding hydrogens is 212 g/mol. The van der Waals surface area contributed by atoms with Crippen molar-refractivity contribution in [2.24, 2.45) is 22.7 Å². The number of carbonyl (C=O) groups is 1. The van der Waals surface area contributed by atoms with E-state index in [9.17, 15) is 4.79 Å². The summed E-state index contributed by atoms with van der Waals surface area (Å²) < 4.78 is 0. The molecule has 0 aromatic heterocycles. The molecule has 96 valence electrons. The summed E-state index contributed by atoms with van der Waals surface area (Å²) >= 11 is 0. The molecule has 3 fully saturated rings. The van der Waals surface area contributed by atoms with E-state index in [0.29, 0.717) is 28.6 Å². The van der Waals surface area contributed by atoms with Crippen LogP contribution in [0.4, 0.5) is 0 Å². The van der Waals surface area contributed by atoms with Gasteiger partial charge >= 0.3 is 0 Å². The molecule has 0 aromatic carbocycles. The van der Waals surface area contributed by atoms with Crippen molar-refractivity contribution in [2.75, 3.05) is 19.6 Å². The fraction of sp³-hybridized carbons (Fsp3) is 0.929. The van der Waals surface area contributed by atoms with E-state index in [-0.39, 0.29) is 0 Å². The van der Waals surface area contributed by atoms with Crippen molar-refractivity contribution in [3.63, 3.8) is 0 Å². The fourth-order valence-corrected chi connectivity index (χ4v) is 3.47. The van der Waals surface area contributed by atoms with Gasteiger partial charge in [0.2, 0.25) is 5.91 Å². The molecule has 2 aliphatic carbocycles. The second kappa shape index (κ2) is 3.71. The van der Waals surface area contributed by atoms with Gasteiger partial charge in [0.15, 0.2) is 0 Å². The zero-order valence-electron chi connectivity index (χ0n) is 11.0. The minimum absolute atomic E-state index is 0.325. The molecule has 1 spiro atoms. The van der Waals surface area contributed by atoms with E-state index in [1.807, 2.05) is 0 Å². The second-order valence-corrected chi connectivity index (χ2v) is 7.00. The van der Waals surface area contributed by atoms with Gasteiger partial charge in [-0.15, -0.1) is 0 Å². The summed E-state index contributed by atoms with van der Waals surface area (Å²) in [5, 5.41) is 6.55. The van der Waals surface area contributed by atoms with Crippen molar-refractivity contribution < 1.29 is 4.79 Å². The van der Waals surface area contributed by atoms with Crippen LogP contribution in [-0.4, -0.2) is 25.5 Å². The van der Waals surface area contributed by atoms with E-state index < -0.39 is 0 Å². The van der Waals surface area contributed by atoms with Crippen LogP contribution in [0.15, 0.2) is 0 Å². The predicted octanol–water partition coefficient (Wildman–Crippen LogP) is 1.54. The first kappa shape index (κ1) is 11.5. The van der Waals surface area contributed by atoms with E-state index in [4.69, 9.17) is 0 Å². The van der Waals surface area contributed by atoms with Crippen LogP contribution >= 0.6 is 0 Å². The Balaban J connectivity index is 1.45. The highest BCUT2D eigenvalue weighted by Gasteiger charge is 2.57. The van der Waals surface area contributed by atoms with Crippen LogP contribution in [0.2, 0.25) is 0 Å². The molecule has 3 nitrogen and oxygen atoms in total. The molecular formula is C14H24N2O. The number of rotatable bonds is 3. The molecule has 0 radical (unpaired) electrons. The van der Waals surface area contributed by atoms with Gasteiger partial charge in [0.25, 0.3) is 0 Å². The van der Waals surface area contributed by atoms with Crippen LogP contribution in [0.5, 0.6) is 0 Å². The van der Waals surface area contributed by atoms with Crippen molar-refractivity contribution in [1.29, 1.82) is 0 Å². The Labute approximate surface area is 104 Å². The van der Waals surface area contributed by atoms with Gasteiger partial charge in [0.05, 0.1) is 0 Å². The van der Waals surface area contributed by atoms with E-state index >= 15 is 0 Å². The molecule has 3 rings (SSSR count). The summed E-state index contributed by atoms with van der Waals surface area (Å²) in [6, 6.07) is 0. The van der Waals surface area contributed by atoms with Crippen molar-refractivity contribution in [1.82, 2.24) is 10.6 Å². The lowest BCUT2D eigenvalue weighted by molar-refractivity contribution is -0.123. The molecule has 1 saturated heterocycles. The first-order valence-corrected chi connectivity index (χ1v) is 7.02. The second-order valence-electron chi connectivity index (χ2n) is 7.00. The van der Waals surface area contributed by atoms with Crippen molar-refractivity contribution in [2.45, 2.75) is 39.5 Å². The highest BCUT2D eigenvalue weighted by molar-refractivity contribution is 5.82. The normalized spacial score (nSPS) is 36.6. The Bertz CT molecular complexity index is 331. The summed E-state index contributed by atoms with van der Waals surface area (Å²) in [5.74, 6) is 1.37. The highest BCUT2D eigenvalue weighted by Crippen LogP contribution is 2.58. The Morgan fingerprint density at radius 2 is 1.94 bits per heavy atom. The third-order valence-electron chi connectivity index (χ3n) is 5.35. The van der Waals surface area contributed by atoms with Gasteiger partial charge in [0, 0.05) is 12.5 Å². The van der Waals surface area contributed by atoms with Crippen LogP contribution < -0.4 is 10.6 Å². The quantitative estimate of drug-likeness (QED) is 0.780. The van der Waals surface area contributed by atoms with Gasteiger partial charge in [0.1, 0.15) is 0 Å². The van der Waals surface area contributed by atoms with Crippen LogP contribution in [0.25, 0.3) is 0 Å². The largest absolute Gasteiger partial charge is 0.356 e. The van der Waals surface area contributed by atoms with Gasteiger partial charge in [-0.3, -0.25) is 4.79 Å². The Morgan fingerprint density at radius 3 is 2.53 bits per heavy atom. The molecule has 1 amide bonds. The number of piperidine rings is 1. The third-order valence-corrected chi connectivity index (χ3v) is 5.35. The zero-order chi connectivity index (χ0) is 12.1. The maximum Gasteiger partial charge on any atom is 0.223 e. The summed E-state index contributed by atoms with van der Waals surface area (Å²) in [6.07, 6.45) is 4.79. The third kappa shape index (κ3) is 2.10. The number of hydrogen-bond acceptors (Lipinski definition) is 2. The van der Waals surface area contributed by atoms with Gasteiger partial charge in [-0.05, 0) is 55.5 Å². The SMILES string of the molecule is CC1(C)CC1CNC(=O)C1CC12CCNCC2. The number of carbonyl (C=O) groups excluding carboxylic acids is 1. The molecule has 2 N–H and O–H groups in total. The van der Waals surface area contributed by atoms with Crippen molar-refractivity contribution in [3.8, 4) is 0 Å². The fourth-order valence-electron chi connectivity index (χ4n) is 3.47. The van der Waals surface area contributed by atoms with E-state index in [1.54, 1.807) is 0 Å². The molecule has 1 heterocycles. The van der Waals surface area contributed by atoms with E-state index in [0.717, 1.165) is 26.1 Å². The number of nitrogens with one attached hydrogen (secondary N) is 2. The topological polar surface area (TPSA) is 41.1 Å². The molecule has 2 saturated carbocycles. The lowest BCUT2D eigenvalue weighted by Gasteiger charge is -2.23. The monoisotopic (exact) mass is 236 g/mol. The van der Waals surface area contributed by atoms with Crippen molar-refractivity contribution >= 4 is 5.91 Å². The maximum atomic E-state index is 12.1. The summed E-state index contributed by atoms with van der Waals surface area (Å²) in [5.41, 5.74) is 0.859. The minimum Gasteiger partial charge on any atom is -0.356 e. The summed E-state index contributed by atoms with van der Waals surface area (Å²) in [4.78, 5) is 12.1.